The van der Waals surface area contributed by atoms with Crippen molar-refractivity contribution in [2.24, 2.45) is 0 Å². The van der Waals surface area contributed by atoms with E-state index in [0.717, 1.165) is 11.1 Å². The molecule has 0 spiro atoms. The van der Waals surface area contributed by atoms with Gasteiger partial charge in [0.25, 0.3) is 0 Å². The standard InChI is InChI=1S/C18H20N2O3S/c21-18(20-16-8-11-24(22,23)13-16)17(15-4-2-1-3-5-15)12-14-6-9-19-10-7-14/h1-7,9-10,16-17H,8,11-13H2,(H,20,21). The van der Waals surface area contributed by atoms with Crippen molar-refractivity contribution in [3.05, 3.63) is 66.0 Å². The summed E-state index contributed by atoms with van der Waals surface area (Å²) in [6.45, 7) is 0. The number of pyridine rings is 1. The van der Waals surface area contributed by atoms with Gasteiger partial charge < -0.3 is 5.32 Å². The summed E-state index contributed by atoms with van der Waals surface area (Å²) >= 11 is 0. The van der Waals surface area contributed by atoms with Crippen LogP contribution < -0.4 is 5.32 Å². The Kier molecular flexibility index (Phi) is 4.94. The third kappa shape index (κ3) is 4.20. The van der Waals surface area contributed by atoms with Crippen LogP contribution in [0.1, 0.15) is 23.5 Å². The molecule has 1 aromatic carbocycles. The van der Waals surface area contributed by atoms with E-state index in [-0.39, 0.29) is 29.4 Å². The lowest BCUT2D eigenvalue weighted by atomic mass is 9.91. The summed E-state index contributed by atoms with van der Waals surface area (Å²) in [6, 6.07) is 13.1. The molecule has 126 valence electrons. The predicted octanol–water partition coefficient (Wildman–Crippen LogP) is 1.71. The fourth-order valence-corrected chi connectivity index (χ4v) is 4.69. The molecular formula is C18H20N2O3S. The maximum Gasteiger partial charge on any atom is 0.228 e. The molecule has 2 atom stereocenters. The number of hydrogen-bond acceptors (Lipinski definition) is 4. The number of amides is 1. The van der Waals surface area contributed by atoms with Gasteiger partial charge in [0.15, 0.2) is 9.84 Å². The van der Waals surface area contributed by atoms with Gasteiger partial charge in [-0.05, 0) is 36.1 Å². The minimum absolute atomic E-state index is 0.0372. The van der Waals surface area contributed by atoms with Crippen molar-refractivity contribution in [3.8, 4) is 0 Å². The van der Waals surface area contributed by atoms with Crippen LogP contribution in [0, 0.1) is 0 Å². The zero-order valence-electron chi connectivity index (χ0n) is 13.3. The van der Waals surface area contributed by atoms with E-state index in [0.29, 0.717) is 12.8 Å². The smallest absolute Gasteiger partial charge is 0.228 e. The lowest BCUT2D eigenvalue weighted by Gasteiger charge is -2.20. The van der Waals surface area contributed by atoms with Crippen molar-refractivity contribution in [1.82, 2.24) is 10.3 Å². The maximum atomic E-state index is 12.8. The van der Waals surface area contributed by atoms with E-state index in [9.17, 15) is 13.2 Å². The molecule has 24 heavy (non-hydrogen) atoms. The molecule has 0 bridgehead atoms. The molecule has 1 aromatic heterocycles. The minimum Gasteiger partial charge on any atom is -0.352 e. The van der Waals surface area contributed by atoms with E-state index in [4.69, 9.17) is 0 Å². The van der Waals surface area contributed by atoms with Gasteiger partial charge in [-0.3, -0.25) is 9.78 Å². The Labute approximate surface area is 142 Å². The van der Waals surface area contributed by atoms with Crippen LogP contribution in [0.15, 0.2) is 54.9 Å². The molecule has 1 saturated heterocycles. The van der Waals surface area contributed by atoms with Crippen LogP contribution in [0.25, 0.3) is 0 Å². The normalized spacial score (nSPS) is 20.4. The van der Waals surface area contributed by atoms with Crippen LogP contribution in [0.5, 0.6) is 0 Å². The number of carbonyl (C=O) groups excluding carboxylic acids is 1. The van der Waals surface area contributed by atoms with Crippen LogP contribution >= 0.6 is 0 Å². The van der Waals surface area contributed by atoms with Crippen molar-refractivity contribution >= 4 is 15.7 Å². The average Bonchev–Trinajstić information content (AvgIpc) is 2.93. The lowest BCUT2D eigenvalue weighted by molar-refractivity contribution is -0.123. The first kappa shape index (κ1) is 16.6. The van der Waals surface area contributed by atoms with Crippen molar-refractivity contribution < 1.29 is 13.2 Å². The molecular weight excluding hydrogens is 324 g/mol. The summed E-state index contributed by atoms with van der Waals surface area (Å²) in [6.07, 6.45) is 4.46. The number of hydrogen-bond donors (Lipinski definition) is 1. The number of carbonyl (C=O) groups is 1. The number of sulfone groups is 1. The minimum atomic E-state index is -3.01. The first-order chi connectivity index (χ1) is 11.5. The van der Waals surface area contributed by atoms with Gasteiger partial charge in [0.1, 0.15) is 0 Å². The predicted molar refractivity (Wildman–Crippen MR) is 92.3 cm³/mol. The zero-order chi connectivity index (χ0) is 17.0. The van der Waals surface area contributed by atoms with E-state index >= 15 is 0 Å². The number of nitrogens with zero attached hydrogens (tertiary/aromatic N) is 1. The Morgan fingerprint density at radius 1 is 1.17 bits per heavy atom. The molecule has 2 aromatic rings. The Morgan fingerprint density at radius 3 is 2.50 bits per heavy atom. The Hall–Kier alpha value is -2.21. The molecule has 2 heterocycles. The van der Waals surface area contributed by atoms with Crippen LogP contribution in [-0.2, 0) is 21.1 Å². The number of benzene rings is 1. The van der Waals surface area contributed by atoms with Crippen LogP contribution in [0.4, 0.5) is 0 Å². The van der Waals surface area contributed by atoms with Gasteiger partial charge in [-0.25, -0.2) is 8.42 Å². The number of rotatable bonds is 5. The molecule has 1 aliphatic rings. The van der Waals surface area contributed by atoms with E-state index < -0.39 is 9.84 Å². The third-order valence-corrected chi connectivity index (χ3v) is 6.05. The molecule has 1 N–H and O–H groups in total. The largest absolute Gasteiger partial charge is 0.352 e. The van der Waals surface area contributed by atoms with Gasteiger partial charge in [0, 0.05) is 18.4 Å². The molecule has 0 aliphatic carbocycles. The molecule has 5 nitrogen and oxygen atoms in total. The quantitative estimate of drug-likeness (QED) is 0.896. The molecule has 1 aliphatic heterocycles. The Bertz CT molecular complexity index is 792. The molecule has 2 unspecified atom stereocenters. The van der Waals surface area contributed by atoms with Crippen LogP contribution in [-0.4, -0.2) is 36.9 Å². The van der Waals surface area contributed by atoms with Gasteiger partial charge >= 0.3 is 0 Å². The number of aromatic nitrogens is 1. The van der Waals surface area contributed by atoms with Gasteiger partial charge in [-0.15, -0.1) is 0 Å². The zero-order valence-corrected chi connectivity index (χ0v) is 14.1. The first-order valence-electron chi connectivity index (χ1n) is 7.98. The van der Waals surface area contributed by atoms with Crippen molar-refractivity contribution in [3.63, 3.8) is 0 Å². The number of nitrogens with one attached hydrogen (secondary N) is 1. The summed E-state index contributed by atoms with van der Waals surface area (Å²) in [7, 11) is -3.01. The second-order valence-electron chi connectivity index (χ2n) is 6.13. The molecule has 3 rings (SSSR count). The van der Waals surface area contributed by atoms with E-state index in [2.05, 4.69) is 10.3 Å². The summed E-state index contributed by atoms with van der Waals surface area (Å²) in [4.78, 5) is 16.8. The molecule has 0 saturated carbocycles. The van der Waals surface area contributed by atoms with Gasteiger partial charge in [-0.2, -0.15) is 0 Å². The summed E-state index contributed by atoms with van der Waals surface area (Å²) in [5.74, 6) is -0.287. The fraction of sp³-hybridized carbons (Fsp3) is 0.333. The second-order valence-corrected chi connectivity index (χ2v) is 8.36. The third-order valence-electron chi connectivity index (χ3n) is 4.29. The van der Waals surface area contributed by atoms with Crippen LogP contribution in [0.2, 0.25) is 0 Å². The fourth-order valence-electron chi connectivity index (χ4n) is 3.01. The average molecular weight is 344 g/mol. The highest BCUT2D eigenvalue weighted by Crippen LogP contribution is 2.22. The van der Waals surface area contributed by atoms with Crippen molar-refractivity contribution in [1.29, 1.82) is 0 Å². The van der Waals surface area contributed by atoms with Crippen molar-refractivity contribution in [2.45, 2.75) is 24.8 Å². The maximum absolute atomic E-state index is 12.8. The molecule has 1 amide bonds. The highest BCUT2D eigenvalue weighted by molar-refractivity contribution is 7.91. The Morgan fingerprint density at radius 2 is 1.88 bits per heavy atom. The van der Waals surface area contributed by atoms with Gasteiger partial charge in [0.2, 0.25) is 5.91 Å². The van der Waals surface area contributed by atoms with E-state index in [1.54, 1.807) is 12.4 Å². The topological polar surface area (TPSA) is 76.1 Å². The SMILES string of the molecule is O=C(NC1CCS(=O)(=O)C1)C(Cc1ccncc1)c1ccccc1. The monoisotopic (exact) mass is 344 g/mol. The summed E-state index contributed by atoms with van der Waals surface area (Å²) in [5, 5.41) is 2.92. The highest BCUT2D eigenvalue weighted by Gasteiger charge is 2.31. The summed E-state index contributed by atoms with van der Waals surface area (Å²) < 4.78 is 23.2. The molecule has 0 radical (unpaired) electrons. The lowest BCUT2D eigenvalue weighted by Crippen LogP contribution is -2.39. The van der Waals surface area contributed by atoms with Gasteiger partial charge in [0.05, 0.1) is 17.4 Å². The van der Waals surface area contributed by atoms with Crippen molar-refractivity contribution in [2.75, 3.05) is 11.5 Å². The van der Waals surface area contributed by atoms with Gasteiger partial charge in [-0.1, -0.05) is 30.3 Å². The second kappa shape index (κ2) is 7.13. The van der Waals surface area contributed by atoms with Crippen LogP contribution in [0.3, 0.4) is 0 Å². The van der Waals surface area contributed by atoms with E-state index in [1.165, 1.54) is 0 Å². The first-order valence-corrected chi connectivity index (χ1v) is 9.80. The highest BCUT2D eigenvalue weighted by atomic mass is 32.2. The Balaban J connectivity index is 1.78. The summed E-state index contributed by atoms with van der Waals surface area (Å²) in [5.41, 5.74) is 1.95. The molecule has 6 heteroatoms. The molecule has 1 fully saturated rings. The van der Waals surface area contributed by atoms with E-state index in [1.807, 2.05) is 42.5 Å².